The molecular weight excluding hydrogens is 602 g/mol. The summed E-state index contributed by atoms with van der Waals surface area (Å²) < 4.78 is 21.0. The predicted molar refractivity (Wildman–Crippen MR) is 176 cm³/mol. The van der Waals surface area contributed by atoms with E-state index >= 15 is 0 Å². The van der Waals surface area contributed by atoms with Crippen LogP contribution in [-0.4, -0.2) is 43.5 Å². The van der Waals surface area contributed by atoms with Crippen molar-refractivity contribution in [2.45, 2.75) is 0 Å². The molecule has 0 aromatic heterocycles. The van der Waals surface area contributed by atoms with Gasteiger partial charge in [0.05, 0.1) is 36.1 Å². The summed E-state index contributed by atoms with van der Waals surface area (Å²) in [6.07, 6.45) is 3.30. The third kappa shape index (κ3) is 8.52. The maximum absolute atomic E-state index is 12.9. The number of carbonyl (C=O) groups is 2. The van der Waals surface area contributed by atoms with Crippen molar-refractivity contribution in [1.29, 1.82) is 0 Å². The van der Waals surface area contributed by atoms with E-state index in [1.165, 1.54) is 6.07 Å². The lowest BCUT2D eigenvalue weighted by molar-refractivity contribution is -0.385. The highest BCUT2D eigenvalue weighted by atomic mass is 16.6. The molecule has 47 heavy (non-hydrogen) atoms. The topological polar surface area (TPSA) is 139 Å². The van der Waals surface area contributed by atoms with E-state index in [-0.39, 0.29) is 22.6 Å². The summed E-state index contributed by atoms with van der Waals surface area (Å²) in [4.78, 5) is 45.5. The van der Waals surface area contributed by atoms with Crippen LogP contribution in [0.2, 0.25) is 0 Å². The molecule has 0 fully saturated rings. The number of aliphatic imine (C=N–C) groups is 2. The molecule has 0 saturated carbocycles. The number of ether oxygens (including phenoxy) is 4. The van der Waals surface area contributed by atoms with Crippen LogP contribution >= 0.6 is 0 Å². The summed E-state index contributed by atoms with van der Waals surface area (Å²) in [5, 5.41) is 11.8. The Morgan fingerprint density at radius 3 is 1.45 bits per heavy atom. The fraction of sp³-hybridized carbons (Fsp3) is 0.0556. The zero-order valence-corrected chi connectivity index (χ0v) is 25.2. The van der Waals surface area contributed by atoms with Crippen molar-refractivity contribution in [3.05, 3.63) is 148 Å². The second-order valence-corrected chi connectivity index (χ2v) is 9.82. The average molecular weight is 630 g/mol. The lowest BCUT2D eigenvalue weighted by Gasteiger charge is -2.08. The third-order valence-corrected chi connectivity index (χ3v) is 6.70. The maximum Gasteiger partial charge on any atom is 0.350 e. The molecule has 0 N–H and O–H groups in total. The van der Waals surface area contributed by atoms with Gasteiger partial charge in [-0.25, -0.2) is 9.59 Å². The van der Waals surface area contributed by atoms with Crippen LogP contribution in [0.15, 0.2) is 125 Å². The first kappa shape index (κ1) is 31.8. The van der Waals surface area contributed by atoms with E-state index in [4.69, 9.17) is 18.9 Å². The van der Waals surface area contributed by atoms with Crippen molar-refractivity contribution in [2.24, 2.45) is 9.98 Å². The molecule has 0 radical (unpaired) electrons. The van der Waals surface area contributed by atoms with E-state index in [1.807, 2.05) is 24.3 Å². The highest BCUT2D eigenvalue weighted by molar-refractivity contribution is 5.98. The smallest absolute Gasteiger partial charge is 0.350 e. The quantitative estimate of drug-likeness (QED) is 0.0480. The van der Waals surface area contributed by atoms with E-state index in [2.05, 4.69) is 9.98 Å². The minimum atomic E-state index is -0.955. The molecule has 0 spiro atoms. The zero-order chi connectivity index (χ0) is 33.2. The molecule has 5 aromatic rings. The Bertz CT molecular complexity index is 1940. The van der Waals surface area contributed by atoms with Gasteiger partial charge in [-0.05, 0) is 120 Å². The number of hydrogen-bond donors (Lipinski definition) is 0. The van der Waals surface area contributed by atoms with Gasteiger partial charge < -0.3 is 18.9 Å². The van der Waals surface area contributed by atoms with Gasteiger partial charge in [0.1, 0.15) is 28.6 Å². The first-order chi connectivity index (χ1) is 22.8. The minimum absolute atomic E-state index is 0.112. The first-order valence-electron chi connectivity index (χ1n) is 14.1. The van der Waals surface area contributed by atoms with E-state index in [0.717, 1.165) is 46.1 Å². The highest BCUT2D eigenvalue weighted by Gasteiger charge is 2.25. The number of nitro groups is 1. The van der Waals surface area contributed by atoms with Crippen LogP contribution in [0.5, 0.6) is 23.0 Å². The molecular formula is C36H27N3O8. The first-order valence-corrected chi connectivity index (χ1v) is 14.1. The Morgan fingerprint density at radius 1 is 0.596 bits per heavy atom. The number of rotatable bonds is 11. The molecule has 11 nitrogen and oxygen atoms in total. The van der Waals surface area contributed by atoms with Crippen molar-refractivity contribution >= 4 is 41.4 Å². The molecule has 0 aliphatic rings. The van der Waals surface area contributed by atoms with Gasteiger partial charge >= 0.3 is 11.9 Å². The van der Waals surface area contributed by atoms with E-state index < -0.39 is 22.5 Å². The second-order valence-electron chi connectivity index (χ2n) is 9.82. The molecule has 0 unspecified atom stereocenters. The summed E-state index contributed by atoms with van der Waals surface area (Å²) in [5.41, 5.74) is 1.93. The van der Waals surface area contributed by atoms with E-state index in [1.54, 1.807) is 99.4 Å². The second kappa shape index (κ2) is 14.9. The Kier molecular flexibility index (Phi) is 10.1. The minimum Gasteiger partial charge on any atom is -0.497 e. The van der Waals surface area contributed by atoms with Gasteiger partial charge in [-0.1, -0.05) is 0 Å². The largest absolute Gasteiger partial charge is 0.497 e. The summed E-state index contributed by atoms with van der Waals surface area (Å²) in [7, 11) is 3.17. The Balaban J connectivity index is 1.20. The molecule has 0 atom stereocenters. The standard InChI is InChI=1S/C36H27N3O8/c1-44-29-16-8-27(9-17-29)37-22-24-3-12-31(13-4-24)46-35(40)26-7-20-33(34(21-26)39(42)43)36(41)47-32-14-5-25(6-15-32)23-38-28-10-18-30(45-2)19-11-28/h3-23H,1-2H3. The molecule has 5 rings (SSSR count). The summed E-state index contributed by atoms with van der Waals surface area (Å²) >= 11 is 0. The monoisotopic (exact) mass is 629 g/mol. The fourth-order valence-electron chi connectivity index (χ4n) is 4.19. The van der Waals surface area contributed by atoms with Gasteiger partial charge in [0.15, 0.2) is 0 Å². The molecule has 0 bridgehead atoms. The van der Waals surface area contributed by atoms with Crippen LogP contribution in [0.4, 0.5) is 17.1 Å². The molecule has 0 aliphatic carbocycles. The Labute approximate surface area is 269 Å². The number of esters is 2. The van der Waals surface area contributed by atoms with Crippen molar-refractivity contribution < 1.29 is 33.5 Å². The van der Waals surface area contributed by atoms with Crippen molar-refractivity contribution in [1.82, 2.24) is 0 Å². The molecule has 0 heterocycles. The van der Waals surface area contributed by atoms with Crippen LogP contribution in [0.1, 0.15) is 31.8 Å². The van der Waals surface area contributed by atoms with Crippen LogP contribution in [-0.2, 0) is 0 Å². The van der Waals surface area contributed by atoms with Crippen LogP contribution < -0.4 is 18.9 Å². The number of methoxy groups -OCH3 is 2. The molecule has 0 amide bonds. The van der Waals surface area contributed by atoms with Crippen molar-refractivity contribution in [3.8, 4) is 23.0 Å². The van der Waals surface area contributed by atoms with Crippen LogP contribution in [0.3, 0.4) is 0 Å². The SMILES string of the molecule is COc1ccc(N=Cc2ccc(OC(=O)c3ccc(C(=O)Oc4ccc(C=Nc5ccc(OC)cc5)cc4)c([N+](=O)[O-])c3)cc2)cc1. The van der Waals surface area contributed by atoms with Gasteiger partial charge in [-0.15, -0.1) is 0 Å². The number of hydrogen-bond acceptors (Lipinski definition) is 10. The number of nitrogens with zero attached hydrogens (tertiary/aromatic N) is 3. The van der Waals surface area contributed by atoms with Gasteiger partial charge in [-0.3, -0.25) is 20.1 Å². The van der Waals surface area contributed by atoms with Crippen molar-refractivity contribution in [2.75, 3.05) is 14.2 Å². The normalized spacial score (nSPS) is 10.9. The number of carbonyl (C=O) groups excluding carboxylic acids is 2. The highest BCUT2D eigenvalue weighted by Crippen LogP contribution is 2.25. The molecule has 234 valence electrons. The van der Waals surface area contributed by atoms with Gasteiger partial charge in [0, 0.05) is 18.5 Å². The summed E-state index contributed by atoms with van der Waals surface area (Å²) in [6.45, 7) is 0. The van der Waals surface area contributed by atoms with Gasteiger partial charge in [-0.2, -0.15) is 0 Å². The zero-order valence-electron chi connectivity index (χ0n) is 25.2. The Hall–Kier alpha value is -6.62. The Morgan fingerprint density at radius 2 is 1.02 bits per heavy atom. The molecule has 11 heteroatoms. The average Bonchev–Trinajstić information content (AvgIpc) is 3.11. The van der Waals surface area contributed by atoms with Crippen molar-refractivity contribution in [3.63, 3.8) is 0 Å². The summed E-state index contributed by atoms with van der Waals surface area (Å²) in [5.74, 6) is 0.0552. The predicted octanol–water partition coefficient (Wildman–Crippen LogP) is 7.55. The third-order valence-electron chi connectivity index (χ3n) is 6.70. The van der Waals surface area contributed by atoms with E-state index in [9.17, 15) is 19.7 Å². The lowest BCUT2D eigenvalue weighted by Crippen LogP contribution is -2.14. The lowest BCUT2D eigenvalue weighted by atomic mass is 10.1. The fourth-order valence-corrected chi connectivity index (χ4v) is 4.19. The van der Waals surface area contributed by atoms with Gasteiger partial charge in [0.25, 0.3) is 5.69 Å². The molecule has 0 aliphatic heterocycles. The number of benzene rings is 5. The molecule has 0 saturated heterocycles. The molecule has 5 aromatic carbocycles. The van der Waals surface area contributed by atoms with Gasteiger partial charge in [0.2, 0.25) is 0 Å². The maximum atomic E-state index is 12.9. The van der Waals surface area contributed by atoms with Crippen LogP contribution in [0, 0.1) is 10.1 Å². The number of nitro benzene ring substituents is 1. The van der Waals surface area contributed by atoms with Crippen LogP contribution in [0.25, 0.3) is 0 Å². The van der Waals surface area contributed by atoms with E-state index in [0.29, 0.717) is 0 Å². The summed E-state index contributed by atoms with van der Waals surface area (Å²) in [6, 6.07) is 30.9.